The highest BCUT2D eigenvalue weighted by Crippen LogP contribution is 2.39. The number of alkyl halides is 3. The van der Waals surface area contributed by atoms with Gasteiger partial charge in [0.1, 0.15) is 0 Å². The van der Waals surface area contributed by atoms with Crippen molar-refractivity contribution in [2.24, 2.45) is 0 Å². The number of benzene rings is 2. The molecule has 0 aromatic heterocycles. The summed E-state index contributed by atoms with van der Waals surface area (Å²) in [6.07, 6.45) is -4.43. The summed E-state index contributed by atoms with van der Waals surface area (Å²) < 4.78 is 53.7. The van der Waals surface area contributed by atoms with Gasteiger partial charge in [0.2, 0.25) is 5.75 Å². The Labute approximate surface area is 166 Å². The molecule has 29 heavy (non-hydrogen) atoms. The molecule has 2 aromatic rings. The van der Waals surface area contributed by atoms with Gasteiger partial charge in [-0.15, -0.1) is 0 Å². The number of anilines is 1. The van der Waals surface area contributed by atoms with Crippen LogP contribution in [-0.2, 0) is 6.18 Å². The molecule has 2 aromatic carbocycles. The average molecular weight is 408 g/mol. The van der Waals surface area contributed by atoms with Crippen LogP contribution < -0.4 is 24.8 Å². The number of rotatable bonds is 5. The normalized spacial score (nSPS) is 10.4. The fraction of sp³-hybridized carbons (Fsp3) is 0.250. The maximum atomic E-state index is 12.7. The molecule has 0 saturated heterocycles. The van der Waals surface area contributed by atoms with E-state index in [0.29, 0.717) is 22.9 Å². The van der Waals surface area contributed by atoms with Gasteiger partial charge in [0, 0.05) is 17.7 Å². The molecule has 0 fully saturated rings. The summed E-state index contributed by atoms with van der Waals surface area (Å²) in [6, 6.07) is 7.19. The van der Waals surface area contributed by atoms with Crippen molar-refractivity contribution < 1.29 is 32.2 Å². The van der Waals surface area contributed by atoms with Crippen molar-refractivity contribution in [1.82, 2.24) is 5.32 Å². The molecule has 0 spiro atoms. The third-order valence-corrected chi connectivity index (χ3v) is 3.68. The van der Waals surface area contributed by atoms with Gasteiger partial charge in [-0.2, -0.15) is 13.2 Å². The molecule has 0 aliphatic rings. The van der Waals surface area contributed by atoms with Crippen molar-refractivity contribution >= 4 is 11.7 Å². The van der Waals surface area contributed by atoms with E-state index in [1.807, 2.05) is 0 Å². The Morgan fingerprint density at radius 1 is 1.03 bits per heavy atom. The van der Waals surface area contributed by atoms with Crippen molar-refractivity contribution in [2.45, 2.75) is 6.18 Å². The van der Waals surface area contributed by atoms with Gasteiger partial charge in [-0.25, -0.2) is 4.79 Å². The van der Waals surface area contributed by atoms with Crippen LogP contribution >= 0.6 is 0 Å². The van der Waals surface area contributed by atoms with Crippen LogP contribution in [0.3, 0.4) is 0 Å². The Kier molecular flexibility index (Phi) is 7.20. The van der Waals surface area contributed by atoms with Crippen molar-refractivity contribution in [3.8, 4) is 29.1 Å². The molecular formula is C20H19F3N2O4. The number of ether oxygens (including phenoxy) is 3. The van der Waals surface area contributed by atoms with E-state index >= 15 is 0 Å². The van der Waals surface area contributed by atoms with Crippen molar-refractivity contribution in [3.63, 3.8) is 0 Å². The second-order valence-corrected chi connectivity index (χ2v) is 5.60. The molecule has 0 radical (unpaired) electrons. The molecule has 9 heteroatoms. The highest BCUT2D eigenvalue weighted by Gasteiger charge is 2.30. The zero-order valence-corrected chi connectivity index (χ0v) is 15.9. The molecule has 0 heterocycles. The summed E-state index contributed by atoms with van der Waals surface area (Å²) in [5.41, 5.74) is -0.188. The number of urea groups is 1. The Balaban J connectivity index is 1.99. The van der Waals surface area contributed by atoms with E-state index in [4.69, 9.17) is 14.2 Å². The van der Waals surface area contributed by atoms with E-state index in [1.165, 1.54) is 33.5 Å². The maximum absolute atomic E-state index is 12.7. The summed E-state index contributed by atoms with van der Waals surface area (Å²) in [4.78, 5) is 12.0. The molecule has 0 atom stereocenters. The minimum atomic E-state index is -4.43. The third-order valence-electron chi connectivity index (χ3n) is 3.68. The van der Waals surface area contributed by atoms with Crippen LogP contribution in [0.2, 0.25) is 0 Å². The first-order valence-corrected chi connectivity index (χ1v) is 8.29. The number of hydrogen-bond acceptors (Lipinski definition) is 4. The van der Waals surface area contributed by atoms with Gasteiger partial charge >= 0.3 is 12.2 Å². The van der Waals surface area contributed by atoms with Gasteiger partial charge < -0.3 is 24.8 Å². The number of carbonyl (C=O) groups is 1. The van der Waals surface area contributed by atoms with E-state index in [9.17, 15) is 18.0 Å². The minimum absolute atomic E-state index is 0.0630. The van der Waals surface area contributed by atoms with Crippen LogP contribution in [0.4, 0.5) is 23.7 Å². The molecule has 154 valence electrons. The van der Waals surface area contributed by atoms with Crippen LogP contribution in [0, 0.1) is 11.8 Å². The highest BCUT2D eigenvalue weighted by molar-refractivity contribution is 5.90. The summed E-state index contributed by atoms with van der Waals surface area (Å²) >= 11 is 0. The molecule has 2 rings (SSSR count). The molecule has 2 amide bonds. The molecular weight excluding hydrogens is 389 g/mol. The number of amides is 2. The lowest BCUT2D eigenvalue weighted by Gasteiger charge is -2.14. The van der Waals surface area contributed by atoms with Gasteiger partial charge in [0.25, 0.3) is 0 Å². The van der Waals surface area contributed by atoms with Crippen molar-refractivity contribution in [2.75, 3.05) is 33.2 Å². The fourth-order valence-electron chi connectivity index (χ4n) is 2.37. The number of halogens is 3. The van der Waals surface area contributed by atoms with Crippen molar-refractivity contribution in [1.29, 1.82) is 0 Å². The quantitative estimate of drug-likeness (QED) is 0.737. The van der Waals surface area contributed by atoms with Gasteiger partial charge in [0.15, 0.2) is 11.5 Å². The number of hydrogen-bond donors (Lipinski definition) is 2. The van der Waals surface area contributed by atoms with Gasteiger partial charge in [-0.3, -0.25) is 0 Å². The molecule has 0 bridgehead atoms. The predicted molar refractivity (Wildman–Crippen MR) is 101 cm³/mol. The van der Waals surface area contributed by atoms with E-state index in [1.54, 1.807) is 12.1 Å². The molecule has 6 nitrogen and oxygen atoms in total. The van der Waals surface area contributed by atoms with Gasteiger partial charge in [0.05, 0.1) is 39.1 Å². The number of carbonyl (C=O) groups excluding carboxylic acids is 1. The predicted octanol–water partition coefficient (Wildman–Crippen LogP) is 3.90. The lowest BCUT2D eigenvalue weighted by atomic mass is 10.1. The van der Waals surface area contributed by atoms with Crippen LogP contribution in [0.25, 0.3) is 0 Å². The molecule has 2 N–H and O–H groups in total. The number of methoxy groups -OCH3 is 3. The third kappa shape index (κ3) is 5.97. The second-order valence-electron chi connectivity index (χ2n) is 5.60. The fourth-order valence-corrected chi connectivity index (χ4v) is 2.37. The first-order chi connectivity index (χ1) is 13.8. The molecule has 0 unspecified atom stereocenters. The number of nitrogens with one attached hydrogen (secondary N) is 2. The first kappa shape index (κ1) is 21.8. The van der Waals surface area contributed by atoms with E-state index in [-0.39, 0.29) is 12.1 Å². The Hall–Kier alpha value is -3.54. The highest BCUT2D eigenvalue weighted by atomic mass is 19.4. The van der Waals surface area contributed by atoms with Gasteiger partial charge in [-0.1, -0.05) is 17.9 Å². The van der Waals surface area contributed by atoms with Crippen LogP contribution in [0.1, 0.15) is 11.1 Å². The summed E-state index contributed by atoms with van der Waals surface area (Å²) in [5.74, 6) is 6.30. The van der Waals surface area contributed by atoms with E-state index < -0.39 is 17.8 Å². The SMILES string of the molecule is COc1cc(NC(=O)NCC#Cc2cccc(C(F)(F)F)c2)cc(OC)c1OC. The zero-order valence-electron chi connectivity index (χ0n) is 15.9. The standard InChI is InChI=1S/C20H19F3N2O4/c1-27-16-11-15(12-17(28-2)18(16)29-3)25-19(26)24-9-5-7-13-6-4-8-14(10-13)20(21,22)23/h4,6,8,10-12H,9H2,1-3H3,(H2,24,25,26). The van der Waals surface area contributed by atoms with Crippen LogP contribution in [0.5, 0.6) is 17.2 Å². The summed E-state index contributed by atoms with van der Waals surface area (Å²) in [7, 11) is 4.36. The molecule has 0 saturated carbocycles. The Morgan fingerprint density at radius 3 is 2.24 bits per heavy atom. The lowest BCUT2D eigenvalue weighted by molar-refractivity contribution is -0.137. The largest absolute Gasteiger partial charge is 0.493 e. The monoisotopic (exact) mass is 408 g/mol. The maximum Gasteiger partial charge on any atom is 0.416 e. The summed E-state index contributed by atoms with van der Waals surface area (Å²) in [6.45, 7) is -0.0630. The average Bonchev–Trinajstić information content (AvgIpc) is 2.70. The Morgan fingerprint density at radius 2 is 1.69 bits per heavy atom. The zero-order chi connectivity index (χ0) is 21.4. The molecule has 0 aliphatic carbocycles. The van der Waals surface area contributed by atoms with E-state index in [2.05, 4.69) is 22.5 Å². The first-order valence-electron chi connectivity index (χ1n) is 8.29. The van der Waals surface area contributed by atoms with E-state index in [0.717, 1.165) is 12.1 Å². The topological polar surface area (TPSA) is 68.8 Å². The summed E-state index contributed by atoms with van der Waals surface area (Å²) in [5, 5.41) is 5.08. The second kappa shape index (κ2) is 9.59. The van der Waals surface area contributed by atoms with Crippen molar-refractivity contribution in [3.05, 3.63) is 47.5 Å². The minimum Gasteiger partial charge on any atom is -0.493 e. The van der Waals surface area contributed by atoms with Gasteiger partial charge in [-0.05, 0) is 18.2 Å². The molecule has 0 aliphatic heterocycles. The van der Waals surface area contributed by atoms with Crippen LogP contribution in [-0.4, -0.2) is 33.9 Å². The lowest BCUT2D eigenvalue weighted by Crippen LogP contribution is -2.28. The van der Waals surface area contributed by atoms with Crippen LogP contribution in [0.15, 0.2) is 36.4 Å². The Bertz CT molecular complexity index is 908. The smallest absolute Gasteiger partial charge is 0.416 e.